The lowest BCUT2D eigenvalue weighted by atomic mass is 9.80. The first-order valence-corrected chi connectivity index (χ1v) is 5.07. The van der Waals surface area contributed by atoms with Gasteiger partial charge in [-0.25, -0.2) is 0 Å². The summed E-state index contributed by atoms with van der Waals surface area (Å²) >= 11 is 3.24. The van der Waals surface area contributed by atoms with E-state index in [1.165, 1.54) is 0 Å². The molecule has 0 aromatic rings. The normalized spacial score (nSPS) is 42.6. The number of nitro groups is 1. The van der Waals surface area contributed by atoms with Crippen LogP contribution in [0, 0.1) is 22.0 Å². The summed E-state index contributed by atoms with van der Waals surface area (Å²) < 4.78 is -0.843. The number of hydrogen-bond donors (Lipinski definition) is 0. The van der Waals surface area contributed by atoms with Crippen LogP contribution in [-0.2, 0) is 0 Å². The molecule has 0 spiro atoms. The minimum absolute atomic E-state index is 0.181. The van der Waals surface area contributed by atoms with E-state index >= 15 is 0 Å². The summed E-state index contributed by atoms with van der Waals surface area (Å²) in [5, 5.41) is 10.7. The van der Waals surface area contributed by atoms with Crippen LogP contribution in [0.3, 0.4) is 0 Å². The van der Waals surface area contributed by atoms with E-state index in [-0.39, 0.29) is 4.92 Å². The molecule has 0 aromatic carbocycles. The quantitative estimate of drug-likeness (QED) is 0.304. The topological polar surface area (TPSA) is 43.1 Å². The van der Waals surface area contributed by atoms with E-state index < -0.39 is 4.45 Å². The summed E-state index contributed by atoms with van der Waals surface area (Å²) in [7, 11) is 0. The number of halogens is 1. The van der Waals surface area contributed by atoms with Gasteiger partial charge in [-0.2, -0.15) is 0 Å². The van der Waals surface area contributed by atoms with Crippen molar-refractivity contribution in [2.24, 2.45) is 11.8 Å². The fourth-order valence-electron chi connectivity index (χ4n) is 2.15. The van der Waals surface area contributed by atoms with Gasteiger partial charge in [-0.3, -0.25) is 10.1 Å². The molecule has 2 atom stereocenters. The van der Waals surface area contributed by atoms with Crippen molar-refractivity contribution in [2.75, 3.05) is 0 Å². The molecule has 1 aliphatic rings. The Morgan fingerprint density at radius 2 is 1.83 bits per heavy atom. The third-order valence-corrected chi connectivity index (χ3v) is 3.39. The highest BCUT2D eigenvalue weighted by atomic mass is 79.9. The second-order valence-corrected chi connectivity index (χ2v) is 5.51. The van der Waals surface area contributed by atoms with Crippen molar-refractivity contribution in [3.63, 3.8) is 0 Å². The minimum atomic E-state index is -0.843. The SMILES string of the molecule is CC1CC(C)CC(Br)([N+](=O)[O-])C1. The molecule has 12 heavy (non-hydrogen) atoms. The highest BCUT2D eigenvalue weighted by molar-refractivity contribution is 9.10. The molecule has 2 unspecified atom stereocenters. The first-order chi connectivity index (χ1) is 5.44. The fraction of sp³-hybridized carbons (Fsp3) is 1.00. The number of nitrogens with zero attached hydrogens (tertiary/aromatic N) is 1. The van der Waals surface area contributed by atoms with Crippen LogP contribution in [0.1, 0.15) is 33.1 Å². The average Bonchev–Trinajstić information content (AvgIpc) is 1.82. The average molecular weight is 236 g/mol. The zero-order valence-corrected chi connectivity index (χ0v) is 9.00. The first kappa shape index (κ1) is 9.96. The summed E-state index contributed by atoms with van der Waals surface area (Å²) in [6.07, 6.45) is 2.43. The van der Waals surface area contributed by atoms with Gasteiger partial charge in [0.25, 0.3) is 4.45 Å². The van der Waals surface area contributed by atoms with E-state index in [2.05, 4.69) is 29.8 Å². The molecular formula is C8H14BrNO2. The molecule has 0 amide bonds. The Morgan fingerprint density at radius 3 is 2.17 bits per heavy atom. The fourth-order valence-corrected chi connectivity index (χ4v) is 3.26. The predicted molar refractivity (Wildman–Crippen MR) is 50.8 cm³/mol. The molecule has 3 nitrogen and oxygen atoms in total. The van der Waals surface area contributed by atoms with Gasteiger partial charge in [0.2, 0.25) is 0 Å². The lowest BCUT2D eigenvalue weighted by molar-refractivity contribution is -0.542. The van der Waals surface area contributed by atoms with Crippen molar-refractivity contribution >= 4 is 15.9 Å². The molecular weight excluding hydrogens is 222 g/mol. The van der Waals surface area contributed by atoms with Crippen LogP contribution in [0.2, 0.25) is 0 Å². The highest BCUT2D eigenvalue weighted by Crippen LogP contribution is 2.41. The van der Waals surface area contributed by atoms with E-state index in [0.717, 1.165) is 6.42 Å². The Kier molecular flexibility index (Phi) is 2.76. The van der Waals surface area contributed by atoms with Crippen LogP contribution in [0.4, 0.5) is 0 Å². The summed E-state index contributed by atoms with van der Waals surface area (Å²) in [6.45, 7) is 4.16. The van der Waals surface area contributed by atoms with Crippen LogP contribution in [0.15, 0.2) is 0 Å². The van der Waals surface area contributed by atoms with Crippen LogP contribution < -0.4 is 0 Å². The van der Waals surface area contributed by atoms with Gasteiger partial charge in [0.05, 0.1) is 0 Å². The lowest BCUT2D eigenvalue weighted by Gasteiger charge is -2.31. The number of alkyl halides is 1. The second kappa shape index (κ2) is 3.32. The molecule has 0 aromatic heterocycles. The van der Waals surface area contributed by atoms with Crippen molar-refractivity contribution in [2.45, 2.75) is 37.6 Å². The maximum atomic E-state index is 10.7. The molecule has 0 N–H and O–H groups in total. The molecule has 0 radical (unpaired) electrons. The van der Waals surface area contributed by atoms with Crippen LogP contribution >= 0.6 is 15.9 Å². The van der Waals surface area contributed by atoms with E-state index in [1.54, 1.807) is 0 Å². The molecule has 70 valence electrons. The molecule has 1 rings (SSSR count). The molecule has 0 bridgehead atoms. The van der Waals surface area contributed by atoms with E-state index in [1.807, 2.05) is 0 Å². The lowest BCUT2D eigenvalue weighted by Crippen LogP contribution is -2.39. The summed E-state index contributed by atoms with van der Waals surface area (Å²) in [4.78, 5) is 10.5. The zero-order chi connectivity index (χ0) is 9.35. The maximum Gasteiger partial charge on any atom is 0.275 e. The van der Waals surface area contributed by atoms with Gasteiger partial charge in [-0.05, 0) is 18.3 Å². The molecule has 0 saturated heterocycles. The van der Waals surface area contributed by atoms with E-state index in [0.29, 0.717) is 24.7 Å². The minimum Gasteiger partial charge on any atom is -0.263 e. The van der Waals surface area contributed by atoms with Crippen molar-refractivity contribution in [1.82, 2.24) is 0 Å². The Balaban J connectivity index is 2.71. The summed E-state index contributed by atoms with van der Waals surface area (Å²) in [5.74, 6) is 0.914. The number of hydrogen-bond acceptors (Lipinski definition) is 2. The third kappa shape index (κ3) is 1.97. The predicted octanol–water partition coefficient (Wildman–Crippen LogP) is 2.81. The van der Waals surface area contributed by atoms with Gasteiger partial charge in [0, 0.05) is 33.7 Å². The van der Waals surface area contributed by atoms with Gasteiger partial charge in [0.15, 0.2) is 0 Å². The Labute approximate surface area is 80.8 Å². The van der Waals surface area contributed by atoms with Crippen LogP contribution in [0.25, 0.3) is 0 Å². The number of rotatable bonds is 1. The zero-order valence-electron chi connectivity index (χ0n) is 7.42. The van der Waals surface area contributed by atoms with E-state index in [4.69, 9.17) is 0 Å². The van der Waals surface area contributed by atoms with Gasteiger partial charge >= 0.3 is 0 Å². The maximum absolute atomic E-state index is 10.7. The van der Waals surface area contributed by atoms with Gasteiger partial charge in [-0.1, -0.05) is 13.8 Å². The Morgan fingerprint density at radius 1 is 1.42 bits per heavy atom. The summed E-state index contributed by atoms with van der Waals surface area (Å²) in [6, 6.07) is 0. The van der Waals surface area contributed by atoms with Crippen molar-refractivity contribution < 1.29 is 4.92 Å². The smallest absolute Gasteiger partial charge is 0.263 e. The van der Waals surface area contributed by atoms with Gasteiger partial charge < -0.3 is 0 Å². The first-order valence-electron chi connectivity index (χ1n) is 4.27. The summed E-state index contributed by atoms with van der Waals surface area (Å²) in [5.41, 5.74) is 0. The molecule has 1 saturated carbocycles. The van der Waals surface area contributed by atoms with Crippen molar-refractivity contribution in [3.8, 4) is 0 Å². The van der Waals surface area contributed by atoms with Crippen molar-refractivity contribution in [1.29, 1.82) is 0 Å². The Hall–Kier alpha value is -0.120. The highest BCUT2D eigenvalue weighted by Gasteiger charge is 2.45. The molecule has 0 heterocycles. The monoisotopic (exact) mass is 235 g/mol. The van der Waals surface area contributed by atoms with Crippen LogP contribution in [0.5, 0.6) is 0 Å². The molecule has 1 aliphatic carbocycles. The third-order valence-electron chi connectivity index (χ3n) is 2.45. The molecule has 0 aliphatic heterocycles. The standard InChI is InChI=1S/C8H14BrNO2/c1-6-3-7(2)5-8(9,4-6)10(11)12/h6-7H,3-5H2,1-2H3. The Bertz CT molecular complexity index is 185. The van der Waals surface area contributed by atoms with Crippen molar-refractivity contribution in [3.05, 3.63) is 10.1 Å². The van der Waals surface area contributed by atoms with Crippen LogP contribution in [-0.4, -0.2) is 9.37 Å². The van der Waals surface area contributed by atoms with E-state index in [9.17, 15) is 10.1 Å². The molecule has 1 fully saturated rings. The van der Waals surface area contributed by atoms with Gasteiger partial charge in [0.1, 0.15) is 0 Å². The largest absolute Gasteiger partial charge is 0.275 e. The van der Waals surface area contributed by atoms with Gasteiger partial charge in [-0.15, -0.1) is 0 Å². The second-order valence-electron chi connectivity index (χ2n) is 4.03. The molecule has 4 heteroatoms.